The van der Waals surface area contributed by atoms with Gasteiger partial charge in [-0.3, -0.25) is 4.90 Å². The fourth-order valence-electron chi connectivity index (χ4n) is 2.18. The van der Waals surface area contributed by atoms with Gasteiger partial charge in [0.2, 0.25) is 0 Å². The van der Waals surface area contributed by atoms with Crippen LogP contribution in [-0.4, -0.2) is 61.8 Å². The molecule has 0 aromatic heterocycles. The molecule has 0 amide bonds. The number of ether oxygens (including phenoxy) is 1. The van der Waals surface area contributed by atoms with Gasteiger partial charge in [-0.1, -0.05) is 6.08 Å². The topological polar surface area (TPSA) is 39.5 Å². The van der Waals surface area contributed by atoms with Gasteiger partial charge in [-0.05, 0) is 6.42 Å². The summed E-state index contributed by atoms with van der Waals surface area (Å²) in [6.07, 6.45) is 4.51. The Morgan fingerprint density at radius 3 is 2.56 bits per heavy atom. The van der Waals surface area contributed by atoms with Gasteiger partial charge in [0.05, 0.1) is 25.3 Å². The molecule has 0 aliphatic carbocycles. The third kappa shape index (κ3) is 3.05. The van der Waals surface area contributed by atoms with E-state index >= 15 is 0 Å². The minimum atomic E-state index is 0.681. The van der Waals surface area contributed by atoms with Crippen LogP contribution in [0.1, 0.15) is 6.42 Å². The zero-order valence-corrected chi connectivity index (χ0v) is 9.64. The van der Waals surface area contributed by atoms with Crippen molar-refractivity contribution in [3.05, 3.63) is 12.2 Å². The van der Waals surface area contributed by atoms with Crippen molar-refractivity contribution >= 4 is 0 Å². The Morgan fingerprint density at radius 1 is 1.25 bits per heavy atom. The quantitative estimate of drug-likeness (QED) is 0.647. The average Bonchev–Trinajstić information content (AvgIpc) is 2.24. The van der Waals surface area contributed by atoms with E-state index in [-0.39, 0.29) is 0 Å². The molecule has 0 saturated carbocycles. The highest BCUT2D eigenvalue weighted by molar-refractivity contribution is 5.01. The minimum Gasteiger partial charge on any atom is -0.378 e. The normalized spacial score (nSPS) is 24.4. The van der Waals surface area contributed by atoms with E-state index in [1.54, 1.807) is 6.08 Å². The SMILES string of the molecule is N#CC=CCCN1CCN(C2COC2)CC1. The van der Waals surface area contributed by atoms with Gasteiger partial charge in [0.25, 0.3) is 0 Å². The molecule has 0 atom stereocenters. The van der Waals surface area contributed by atoms with Gasteiger partial charge in [-0.15, -0.1) is 0 Å². The van der Waals surface area contributed by atoms with Gasteiger partial charge in [-0.2, -0.15) is 5.26 Å². The molecule has 2 aliphatic rings. The first-order chi connectivity index (χ1) is 7.90. The van der Waals surface area contributed by atoms with Crippen LogP contribution in [0.5, 0.6) is 0 Å². The second kappa shape index (κ2) is 6.00. The van der Waals surface area contributed by atoms with E-state index < -0.39 is 0 Å². The molecule has 0 unspecified atom stereocenters. The van der Waals surface area contributed by atoms with E-state index in [9.17, 15) is 0 Å². The Hall–Kier alpha value is -0.890. The Bertz CT molecular complexity index is 272. The van der Waals surface area contributed by atoms with Gasteiger partial charge in [0.1, 0.15) is 0 Å². The molecule has 0 N–H and O–H groups in total. The van der Waals surface area contributed by atoms with Gasteiger partial charge in [0, 0.05) is 38.8 Å². The van der Waals surface area contributed by atoms with Crippen LogP contribution in [0.25, 0.3) is 0 Å². The summed E-state index contributed by atoms with van der Waals surface area (Å²) < 4.78 is 5.21. The molecule has 2 heterocycles. The first-order valence-corrected chi connectivity index (χ1v) is 5.99. The monoisotopic (exact) mass is 221 g/mol. The minimum absolute atomic E-state index is 0.681. The van der Waals surface area contributed by atoms with Gasteiger partial charge < -0.3 is 9.64 Å². The summed E-state index contributed by atoms with van der Waals surface area (Å²) >= 11 is 0. The molecule has 4 nitrogen and oxygen atoms in total. The lowest BCUT2D eigenvalue weighted by Gasteiger charge is -2.42. The average molecular weight is 221 g/mol. The lowest BCUT2D eigenvalue weighted by atomic mass is 10.2. The lowest BCUT2D eigenvalue weighted by molar-refractivity contribution is -0.0767. The molecule has 16 heavy (non-hydrogen) atoms. The number of nitriles is 1. The fourth-order valence-corrected chi connectivity index (χ4v) is 2.18. The first-order valence-electron chi connectivity index (χ1n) is 5.99. The number of hydrogen-bond acceptors (Lipinski definition) is 4. The third-order valence-electron chi connectivity index (χ3n) is 3.35. The molecule has 0 aromatic carbocycles. The maximum Gasteiger partial charge on any atom is 0.0908 e. The Morgan fingerprint density at radius 2 is 2.00 bits per heavy atom. The van der Waals surface area contributed by atoms with Crippen molar-refractivity contribution in [1.82, 2.24) is 9.80 Å². The molecule has 2 saturated heterocycles. The zero-order chi connectivity index (χ0) is 11.2. The van der Waals surface area contributed by atoms with Crippen LogP contribution in [0.15, 0.2) is 12.2 Å². The van der Waals surface area contributed by atoms with Crippen LogP contribution in [0.3, 0.4) is 0 Å². The van der Waals surface area contributed by atoms with Gasteiger partial charge in [-0.25, -0.2) is 0 Å². The summed E-state index contributed by atoms with van der Waals surface area (Å²) in [5.41, 5.74) is 0. The Labute approximate surface area is 97.1 Å². The van der Waals surface area contributed by atoms with Crippen molar-refractivity contribution in [3.63, 3.8) is 0 Å². The van der Waals surface area contributed by atoms with E-state index in [0.717, 1.165) is 52.4 Å². The molecule has 88 valence electrons. The summed E-state index contributed by atoms with van der Waals surface area (Å²) in [7, 11) is 0. The largest absolute Gasteiger partial charge is 0.378 e. The van der Waals surface area contributed by atoms with Crippen molar-refractivity contribution in [2.45, 2.75) is 12.5 Å². The number of hydrogen-bond donors (Lipinski definition) is 0. The maximum atomic E-state index is 8.36. The highest BCUT2D eigenvalue weighted by Gasteiger charge is 2.28. The molecule has 2 fully saturated rings. The van der Waals surface area contributed by atoms with Crippen molar-refractivity contribution < 1.29 is 4.74 Å². The second-order valence-corrected chi connectivity index (χ2v) is 4.39. The predicted molar refractivity (Wildman–Crippen MR) is 62.0 cm³/mol. The molecule has 0 aromatic rings. The lowest BCUT2D eigenvalue weighted by Crippen LogP contribution is -2.56. The van der Waals surface area contributed by atoms with Crippen LogP contribution >= 0.6 is 0 Å². The maximum absolute atomic E-state index is 8.36. The highest BCUT2D eigenvalue weighted by Crippen LogP contribution is 2.13. The number of piperazine rings is 1. The smallest absolute Gasteiger partial charge is 0.0908 e. The summed E-state index contributed by atoms with van der Waals surface area (Å²) in [6, 6.07) is 2.70. The summed E-state index contributed by atoms with van der Waals surface area (Å²) in [5, 5.41) is 8.36. The summed E-state index contributed by atoms with van der Waals surface area (Å²) in [6.45, 7) is 7.54. The zero-order valence-electron chi connectivity index (χ0n) is 9.64. The second-order valence-electron chi connectivity index (χ2n) is 4.39. The van der Waals surface area contributed by atoms with Crippen molar-refractivity contribution in [1.29, 1.82) is 5.26 Å². The van der Waals surface area contributed by atoms with Crippen molar-refractivity contribution in [2.24, 2.45) is 0 Å². The van der Waals surface area contributed by atoms with Crippen LogP contribution in [0, 0.1) is 11.3 Å². The third-order valence-corrected chi connectivity index (χ3v) is 3.35. The van der Waals surface area contributed by atoms with Crippen LogP contribution in [-0.2, 0) is 4.74 Å². The summed E-state index contributed by atoms with van der Waals surface area (Å²) in [4.78, 5) is 5.00. The molecular formula is C12H19N3O. The van der Waals surface area contributed by atoms with E-state index in [4.69, 9.17) is 10.00 Å². The van der Waals surface area contributed by atoms with Gasteiger partial charge in [0.15, 0.2) is 0 Å². The predicted octanol–water partition coefficient (Wildman–Crippen LogP) is 0.473. The van der Waals surface area contributed by atoms with Gasteiger partial charge >= 0.3 is 0 Å². The molecular weight excluding hydrogens is 202 g/mol. The first kappa shape index (κ1) is 11.6. The van der Waals surface area contributed by atoms with Crippen LogP contribution < -0.4 is 0 Å². The van der Waals surface area contributed by atoms with E-state index in [0.29, 0.717) is 6.04 Å². The highest BCUT2D eigenvalue weighted by atomic mass is 16.5. The number of rotatable bonds is 4. The summed E-state index contributed by atoms with van der Waals surface area (Å²) in [5.74, 6) is 0. The molecule has 0 radical (unpaired) electrons. The van der Waals surface area contributed by atoms with E-state index in [2.05, 4.69) is 9.80 Å². The van der Waals surface area contributed by atoms with Crippen molar-refractivity contribution in [3.8, 4) is 6.07 Å². The molecule has 4 heteroatoms. The molecule has 2 aliphatic heterocycles. The van der Waals surface area contributed by atoms with Crippen LogP contribution in [0.2, 0.25) is 0 Å². The van der Waals surface area contributed by atoms with Crippen molar-refractivity contribution in [2.75, 3.05) is 45.9 Å². The Kier molecular flexibility index (Phi) is 4.34. The Balaban J connectivity index is 1.61. The number of nitrogens with zero attached hydrogens (tertiary/aromatic N) is 3. The molecule has 0 bridgehead atoms. The molecule has 0 spiro atoms. The van der Waals surface area contributed by atoms with Crippen LogP contribution in [0.4, 0.5) is 0 Å². The standard InChI is InChI=1S/C12H19N3O/c13-4-2-1-3-5-14-6-8-15(9-7-14)12-10-16-11-12/h1-2,12H,3,5-11H2. The van der Waals surface area contributed by atoms with E-state index in [1.165, 1.54) is 0 Å². The van der Waals surface area contributed by atoms with E-state index in [1.807, 2.05) is 12.1 Å². The number of allylic oxidation sites excluding steroid dienone is 1. The fraction of sp³-hybridized carbons (Fsp3) is 0.750. The molecule has 2 rings (SSSR count).